The first-order chi connectivity index (χ1) is 8.93. The molecule has 0 aliphatic rings. The van der Waals surface area contributed by atoms with Gasteiger partial charge in [0.1, 0.15) is 0 Å². The van der Waals surface area contributed by atoms with Crippen LogP contribution in [0.1, 0.15) is 11.1 Å². The molecule has 2 rings (SSSR count). The van der Waals surface area contributed by atoms with Gasteiger partial charge in [-0.2, -0.15) is 18.3 Å². The van der Waals surface area contributed by atoms with Gasteiger partial charge in [-0.15, -0.1) is 0 Å². The predicted molar refractivity (Wildman–Crippen MR) is 64.3 cm³/mol. The molecule has 102 valence electrons. The van der Waals surface area contributed by atoms with E-state index in [1.807, 2.05) is 0 Å². The van der Waals surface area contributed by atoms with E-state index in [-0.39, 0.29) is 17.3 Å². The molecule has 0 aliphatic carbocycles. The number of benzene rings is 1. The van der Waals surface area contributed by atoms with Crippen molar-refractivity contribution in [3.8, 4) is 5.75 Å². The third kappa shape index (κ3) is 2.84. The van der Waals surface area contributed by atoms with Crippen LogP contribution in [0.4, 0.5) is 13.2 Å². The fraction of sp³-hybridized carbons (Fsp3) is 0.250. The van der Waals surface area contributed by atoms with Crippen molar-refractivity contribution >= 4 is 11.6 Å². The van der Waals surface area contributed by atoms with E-state index in [2.05, 4.69) is 5.10 Å². The van der Waals surface area contributed by atoms with Crippen molar-refractivity contribution < 1.29 is 17.9 Å². The fourth-order valence-electron chi connectivity index (χ4n) is 1.70. The van der Waals surface area contributed by atoms with Gasteiger partial charge in [0.2, 0.25) is 0 Å². The Kier molecular flexibility index (Phi) is 3.71. The standard InChI is InChI=1S/C12H10ClF3N2O/c1-19-10-6-17-18(11(10)13)7-8-4-2-3-5-9(8)12(14,15)16/h2-6H,7H2,1H3. The molecule has 7 heteroatoms. The molecule has 0 unspecified atom stereocenters. The van der Waals surface area contributed by atoms with Crippen molar-refractivity contribution in [2.75, 3.05) is 7.11 Å². The number of hydrogen-bond donors (Lipinski definition) is 0. The normalized spacial score (nSPS) is 11.6. The monoisotopic (exact) mass is 290 g/mol. The minimum absolute atomic E-state index is 0.0716. The van der Waals surface area contributed by atoms with Crippen LogP contribution >= 0.6 is 11.6 Å². The Morgan fingerprint density at radius 2 is 2.00 bits per heavy atom. The third-order valence-electron chi connectivity index (χ3n) is 2.61. The topological polar surface area (TPSA) is 27.1 Å². The molecular formula is C12H10ClF3N2O. The zero-order valence-corrected chi connectivity index (χ0v) is 10.7. The van der Waals surface area contributed by atoms with Crippen LogP contribution in [0.5, 0.6) is 5.75 Å². The first-order valence-corrected chi connectivity index (χ1v) is 5.71. The number of aromatic nitrogens is 2. The lowest BCUT2D eigenvalue weighted by Gasteiger charge is -2.12. The van der Waals surface area contributed by atoms with Crippen molar-refractivity contribution in [2.45, 2.75) is 12.7 Å². The zero-order chi connectivity index (χ0) is 14.0. The van der Waals surface area contributed by atoms with Gasteiger partial charge in [-0.25, -0.2) is 4.68 Å². The second-order valence-electron chi connectivity index (χ2n) is 3.82. The minimum Gasteiger partial charge on any atom is -0.492 e. The van der Waals surface area contributed by atoms with E-state index in [1.165, 1.54) is 30.1 Å². The van der Waals surface area contributed by atoms with Crippen LogP contribution in [0.2, 0.25) is 5.15 Å². The van der Waals surface area contributed by atoms with E-state index in [1.54, 1.807) is 6.07 Å². The summed E-state index contributed by atoms with van der Waals surface area (Å²) in [7, 11) is 1.41. The maximum atomic E-state index is 12.8. The number of ether oxygens (including phenoxy) is 1. The summed E-state index contributed by atoms with van der Waals surface area (Å²) in [5, 5.41) is 4.06. The smallest absolute Gasteiger partial charge is 0.416 e. The summed E-state index contributed by atoms with van der Waals surface area (Å²) in [5.41, 5.74) is -0.594. The Bertz CT molecular complexity index is 581. The highest BCUT2D eigenvalue weighted by Crippen LogP contribution is 2.33. The summed E-state index contributed by atoms with van der Waals surface area (Å²) in [6, 6.07) is 5.31. The number of methoxy groups -OCH3 is 1. The van der Waals surface area contributed by atoms with Crippen molar-refractivity contribution in [1.29, 1.82) is 0 Å². The molecule has 0 atom stereocenters. The molecule has 3 nitrogen and oxygen atoms in total. The molecule has 0 radical (unpaired) electrons. The largest absolute Gasteiger partial charge is 0.492 e. The molecule has 0 saturated heterocycles. The van der Waals surface area contributed by atoms with E-state index in [0.717, 1.165) is 6.07 Å². The molecule has 0 saturated carbocycles. The van der Waals surface area contributed by atoms with Gasteiger partial charge in [-0.3, -0.25) is 0 Å². The lowest BCUT2D eigenvalue weighted by molar-refractivity contribution is -0.138. The molecule has 1 aromatic carbocycles. The Morgan fingerprint density at radius 3 is 2.58 bits per heavy atom. The van der Waals surface area contributed by atoms with E-state index in [4.69, 9.17) is 16.3 Å². The highest BCUT2D eigenvalue weighted by Gasteiger charge is 2.33. The van der Waals surface area contributed by atoms with Crippen LogP contribution in [-0.4, -0.2) is 16.9 Å². The number of rotatable bonds is 3. The summed E-state index contributed by atoms with van der Waals surface area (Å²) in [6.07, 6.45) is -3.04. The second-order valence-corrected chi connectivity index (χ2v) is 4.17. The maximum Gasteiger partial charge on any atom is 0.416 e. The lowest BCUT2D eigenvalue weighted by atomic mass is 10.1. The highest BCUT2D eigenvalue weighted by molar-refractivity contribution is 6.31. The molecule has 0 aliphatic heterocycles. The number of hydrogen-bond acceptors (Lipinski definition) is 2. The summed E-state index contributed by atoms with van der Waals surface area (Å²) in [5.74, 6) is 0.325. The number of nitrogens with zero attached hydrogens (tertiary/aromatic N) is 2. The summed E-state index contributed by atoms with van der Waals surface area (Å²) < 4.78 is 44.7. The predicted octanol–water partition coefficient (Wildman–Crippen LogP) is 3.61. The van der Waals surface area contributed by atoms with Crippen LogP contribution in [0, 0.1) is 0 Å². The Morgan fingerprint density at radius 1 is 1.32 bits per heavy atom. The van der Waals surface area contributed by atoms with Crippen molar-refractivity contribution in [2.24, 2.45) is 0 Å². The molecule has 1 heterocycles. The van der Waals surface area contributed by atoms with Gasteiger partial charge < -0.3 is 4.74 Å². The molecule has 0 amide bonds. The van der Waals surface area contributed by atoms with Crippen molar-refractivity contribution in [3.63, 3.8) is 0 Å². The van der Waals surface area contributed by atoms with Gasteiger partial charge in [0.05, 0.1) is 25.4 Å². The van der Waals surface area contributed by atoms with Gasteiger partial charge in [-0.05, 0) is 11.6 Å². The van der Waals surface area contributed by atoms with Gasteiger partial charge in [0.25, 0.3) is 0 Å². The van der Waals surface area contributed by atoms with Crippen LogP contribution < -0.4 is 4.74 Å². The third-order valence-corrected chi connectivity index (χ3v) is 2.99. The molecule has 2 aromatic rings. The Balaban J connectivity index is 2.36. The quantitative estimate of drug-likeness (QED) is 0.863. The van der Waals surface area contributed by atoms with Gasteiger partial charge in [0.15, 0.2) is 10.9 Å². The van der Waals surface area contributed by atoms with E-state index < -0.39 is 11.7 Å². The van der Waals surface area contributed by atoms with Crippen LogP contribution in [-0.2, 0) is 12.7 Å². The second kappa shape index (κ2) is 5.13. The Labute approximate surface area is 112 Å². The number of halogens is 4. The minimum atomic E-state index is -4.40. The SMILES string of the molecule is COc1cnn(Cc2ccccc2C(F)(F)F)c1Cl. The first-order valence-electron chi connectivity index (χ1n) is 5.34. The zero-order valence-electron chi connectivity index (χ0n) is 9.91. The van der Waals surface area contributed by atoms with Gasteiger partial charge >= 0.3 is 6.18 Å². The van der Waals surface area contributed by atoms with E-state index >= 15 is 0 Å². The molecule has 0 fully saturated rings. The van der Waals surface area contributed by atoms with Crippen molar-refractivity contribution in [1.82, 2.24) is 9.78 Å². The first kappa shape index (κ1) is 13.7. The lowest BCUT2D eigenvalue weighted by Crippen LogP contribution is -2.12. The van der Waals surface area contributed by atoms with Crippen molar-refractivity contribution in [3.05, 3.63) is 46.7 Å². The average Bonchev–Trinajstić information content (AvgIpc) is 2.70. The summed E-state index contributed by atoms with van der Waals surface area (Å²) >= 11 is 5.94. The molecule has 19 heavy (non-hydrogen) atoms. The fourth-order valence-corrected chi connectivity index (χ4v) is 1.93. The summed E-state index contributed by atoms with van der Waals surface area (Å²) in [6.45, 7) is -0.0716. The van der Waals surface area contributed by atoms with E-state index in [0.29, 0.717) is 5.75 Å². The van der Waals surface area contributed by atoms with Crippen LogP contribution in [0.25, 0.3) is 0 Å². The molecule has 0 N–H and O–H groups in total. The molecular weight excluding hydrogens is 281 g/mol. The average molecular weight is 291 g/mol. The van der Waals surface area contributed by atoms with Crippen LogP contribution in [0.15, 0.2) is 30.5 Å². The number of alkyl halides is 3. The molecule has 1 aromatic heterocycles. The molecule has 0 spiro atoms. The van der Waals surface area contributed by atoms with Gasteiger partial charge in [-0.1, -0.05) is 29.8 Å². The van der Waals surface area contributed by atoms with Crippen LogP contribution in [0.3, 0.4) is 0 Å². The highest BCUT2D eigenvalue weighted by atomic mass is 35.5. The molecule has 0 bridgehead atoms. The maximum absolute atomic E-state index is 12.8. The summed E-state index contributed by atoms with van der Waals surface area (Å²) in [4.78, 5) is 0. The Hall–Kier alpha value is -1.69. The van der Waals surface area contributed by atoms with E-state index in [9.17, 15) is 13.2 Å². The van der Waals surface area contributed by atoms with Gasteiger partial charge in [0, 0.05) is 0 Å².